The number of nitrogens with zero attached hydrogens (tertiary/aromatic N) is 2. The zero-order valence-electron chi connectivity index (χ0n) is 14.7. The van der Waals surface area contributed by atoms with Gasteiger partial charge in [0.15, 0.2) is 0 Å². The van der Waals surface area contributed by atoms with E-state index < -0.39 is 0 Å². The van der Waals surface area contributed by atoms with Crippen molar-refractivity contribution < 1.29 is 9.59 Å². The third-order valence-corrected chi connectivity index (χ3v) is 3.35. The van der Waals surface area contributed by atoms with Crippen LogP contribution in [-0.2, 0) is 4.79 Å². The Labute approximate surface area is 147 Å². The molecule has 0 aliphatic heterocycles. The number of nitrogens with one attached hydrogen (secondary N) is 3. The van der Waals surface area contributed by atoms with E-state index in [1.165, 1.54) is 13.1 Å². The van der Waals surface area contributed by atoms with Crippen LogP contribution in [-0.4, -0.2) is 48.9 Å². The van der Waals surface area contributed by atoms with Crippen LogP contribution in [0.25, 0.3) is 0 Å². The average Bonchev–Trinajstić information content (AvgIpc) is 2.56. The number of benzene rings is 1. The predicted molar refractivity (Wildman–Crippen MR) is 100.0 cm³/mol. The van der Waals surface area contributed by atoms with E-state index in [4.69, 9.17) is 0 Å². The molecule has 0 bridgehead atoms. The number of likely N-dealkylation sites (N-methyl/N-ethyl adjacent to an activating group) is 1. The van der Waals surface area contributed by atoms with E-state index in [1.807, 2.05) is 14.1 Å². The van der Waals surface area contributed by atoms with Crippen molar-refractivity contribution in [3.63, 3.8) is 0 Å². The third-order valence-electron chi connectivity index (χ3n) is 3.35. The highest BCUT2D eigenvalue weighted by atomic mass is 16.2. The molecule has 0 atom stereocenters. The van der Waals surface area contributed by atoms with Gasteiger partial charge < -0.3 is 20.9 Å². The first-order valence-corrected chi connectivity index (χ1v) is 7.96. The minimum atomic E-state index is -0.240. The number of rotatable bonds is 7. The molecule has 0 aliphatic carbocycles. The summed E-state index contributed by atoms with van der Waals surface area (Å²) in [5.41, 5.74) is 2.60. The number of carbonyl (C=O) groups excluding carboxylic acids is 2. The van der Waals surface area contributed by atoms with Gasteiger partial charge in [-0.2, -0.15) is 0 Å². The summed E-state index contributed by atoms with van der Waals surface area (Å²) in [5.74, 6) is -0.377. The Balaban J connectivity index is 1.97. The van der Waals surface area contributed by atoms with Crippen molar-refractivity contribution in [1.82, 2.24) is 9.88 Å². The van der Waals surface area contributed by atoms with Gasteiger partial charge in [0.25, 0.3) is 5.91 Å². The maximum absolute atomic E-state index is 12.4. The SMILES string of the molecule is CC(=O)Nc1ccc(NC(=O)c2cncc(NCCN(C)C)c2)cc1. The molecule has 0 saturated carbocycles. The lowest BCUT2D eigenvalue weighted by atomic mass is 10.2. The van der Waals surface area contributed by atoms with Crippen LogP contribution in [0.4, 0.5) is 17.1 Å². The van der Waals surface area contributed by atoms with Gasteiger partial charge in [0.2, 0.25) is 5.91 Å². The summed E-state index contributed by atoms with van der Waals surface area (Å²) in [6.07, 6.45) is 3.22. The molecule has 2 rings (SSSR count). The first kappa shape index (κ1) is 18.4. The Kier molecular flexibility index (Phi) is 6.47. The van der Waals surface area contributed by atoms with Crippen molar-refractivity contribution in [2.24, 2.45) is 0 Å². The summed E-state index contributed by atoms with van der Waals surface area (Å²) in [6, 6.07) is 8.69. The van der Waals surface area contributed by atoms with Crippen LogP contribution in [0.5, 0.6) is 0 Å². The van der Waals surface area contributed by atoms with Gasteiger partial charge in [-0.05, 0) is 44.4 Å². The minimum absolute atomic E-state index is 0.138. The van der Waals surface area contributed by atoms with E-state index in [0.29, 0.717) is 16.9 Å². The Morgan fingerprint density at radius 1 is 1.00 bits per heavy atom. The Bertz CT molecular complexity index is 729. The van der Waals surface area contributed by atoms with E-state index >= 15 is 0 Å². The standard InChI is InChI=1S/C18H23N5O2/c1-13(24)21-15-4-6-16(7-5-15)22-18(25)14-10-17(12-19-11-14)20-8-9-23(2)3/h4-7,10-12,20H,8-9H2,1-3H3,(H,21,24)(H,22,25). The maximum Gasteiger partial charge on any atom is 0.257 e. The van der Waals surface area contributed by atoms with Crippen molar-refractivity contribution in [2.45, 2.75) is 6.92 Å². The molecule has 7 heteroatoms. The molecule has 2 amide bonds. The molecule has 2 aromatic rings. The predicted octanol–water partition coefficient (Wildman–Crippen LogP) is 2.27. The highest BCUT2D eigenvalue weighted by Gasteiger charge is 2.08. The Hall–Kier alpha value is -2.93. The summed E-state index contributed by atoms with van der Waals surface area (Å²) in [7, 11) is 4.00. The fraction of sp³-hybridized carbons (Fsp3) is 0.278. The van der Waals surface area contributed by atoms with Gasteiger partial charge in [0.05, 0.1) is 11.3 Å². The van der Waals surface area contributed by atoms with E-state index in [2.05, 4.69) is 25.8 Å². The molecule has 132 valence electrons. The van der Waals surface area contributed by atoms with Crippen LogP contribution in [0.2, 0.25) is 0 Å². The fourth-order valence-electron chi connectivity index (χ4n) is 2.13. The lowest BCUT2D eigenvalue weighted by Gasteiger charge is -2.12. The molecule has 0 unspecified atom stereocenters. The van der Waals surface area contributed by atoms with E-state index in [0.717, 1.165) is 18.8 Å². The number of carbonyl (C=O) groups is 2. The van der Waals surface area contributed by atoms with Gasteiger partial charge >= 0.3 is 0 Å². The lowest BCUT2D eigenvalue weighted by Crippen LogP contribution is -2.21. The van der Waals surface area contributed by atoms with E-state index in [-0.39, 0.29) is 11.8 Å². The highest BCUT2D eigenvalue weighted by molar-refractivity contribution is 6.04. The smallest absolute Gasteiger partial charge is 0.257 e. The zero-order valence-corrected chi connectivity index (χ0v) is 14.7. The summed E-state index contributed by atoms with van der Waals surface area (Å²) >= 11 is 0. The lowest BCUT2D eigenvalue weighted by molar-refractivity contribution is -0.114. The van der Waals surface area contributed by atoms with Gasteiger partial charge in [-0.15, -0.1) is 0 Å². The molecule has 0 saturated heterocycles. The van der Waals surface area contributed by atoms with E-state index in [1.54, 1.807) is 36.5 Å². The number of aromatic nitrogens is 1. The molecule has 25 heavy (non-hydrogen) atoms. The van der Waals surface area contributed by atoms with Crippen molar-refractivity contribution in [2.75, 3.05) is 43.1 Å². The number of hydrogen-bond acceptors (Lipinski definition) is 5. The van der Waals surface area contributed by atoms with Crippen LogP contribution in [0.3, 0.4) is 0 Å². The number of hydrogen-bond donors (Lipinski definition) is 3. The van der Waals surface area contributed by atoms with Gasteiger partial charge in [-0.3, -0.25) is 14.6 Å². The molecule has 0 aliphatic rings. The minimum Gasteiger partial charge on any atom is -0.382 e. The zero-order chi connectivity index (χ0) is 18.2. The molecule has 0 fully saturated rings. The molecule has 1 aromatic heterocycles. The summed E-state index contributed by atoms with van der Waals surface area (Å²) in [5, 5.41) is 8.73. The summed E-state index contributed by atoms with van der Waals surface area (Å²) < 4.78 is 0. The molecule has 3 N–H and O–H groups in total. The molecule has 1 aromatic carbocycles. The highest BCUT2D eigenvalue weighted by Crippen LogP contribution is 2.15. The molecule has 1 heterocycles. The average molecular weight is 341 g/mol. The van der Waals surface area contributed by atoms with Crippen molar-refractivity contribution in [3.8, 4) is 0 Å². The van der Waals surface area contributed by atoms with Crippen LogP contribution in [0.15, 0.2) is 42.7 Å². The number of pyridine rings is 1. The van der Waals surface area contributed by atoms with Crippen LogP contribution >= 0.6 is 0 Å². The van der Waals surface area contributed by atoms with E-state index in [9.17, 15) is 9.59 Å². The topological polar surface area (TPSA) is 86.4 Å². The van der Waals surface area contributed by atoms with Gasteiger partial charge in [-0.1, -0.05) is 0 Å². The van der Waals surface area contributed by atoms with Crippen molar-refractivity contribution in [3.05, 3.63) is 48.3 Å². The molecular formula is C18H23N5O2. The monoisotopic (exact) mass is 341 g/mol. The second-order valence-electron chi connectivity index (χ2n) is 5.91. The molecule has 0 spiro atoms. The van der Waals surface area contributed by atoms with Crippen LogP contribution < -0.4 is 16.0 Å². The van der Waals surface area contributed by atoms with Crippen LogP contribution in [0, 0.1) is 0 Å². The van der Waals surface area contributed by atoms with Gasteiger partial charge in [-0.25, -0.2) is 0 Å². The van der Waals surface area contributed by atoms with Crippen molar-refractivity contribution in [1.29, 1.82) is 0 Å². The Morgan fingerprint density at radius 3 is 2.24 bits per heavy atom. The largest absolute Gasteiger partial charge is 0.382 e. The van der Waals surface area contributed by atoms with Gasteiger partial charge in [0.1, 0.15) is 0 Å². The first-order valence-electron chi connectivity index (χ1n) is 7.96. The number of amides is 2. The molecule has 0 radical (unpaired) electrons. The normalized spacial score (nSPS) is 10.4. The fourth-order valence-corrected chi connectivity index (χ4v) is 2.13. The second kappa shape index (κ2) is 8.79. The van der Waals surface area contributed by atoms with Crippen LogP contribution in [0.1, 0.15) is 17.3 Å². The molecule has 7 nitrogen and oxygen atoms in total. The number of anilines is 3. The Morgan fingerprint density at radius 2 is 1.64 bits per heavy atom. The molecular weight excluding hydrogens is 318 g/mol. The maximum atomic E-state index is 12.4. The first-order chi connectivity index (χ1) is 11.9. The summed E-state index contributed by atoms with van der Waals surface area (Å²) in [6.45, 7) is 3.10. The quantitative estimate of drug-likeness (QED) is 0.719. The second-order valence-corrected chi connectivity index (χ2v) is 5.91. The third kappa shape index (κ3) is 6.23. The van der Waals surface area contributed by atoms with Crippen molar-refractivity contribution >= 4 is 28.9 Å². The summed E-state index contributed by atoms with van der Waals surface area (Å²) in [4.78, 5) is 29.5. The van der Waals surface area contributed by atoms with Gasteiger partial charge in [0, 0.05) is 43.8 Å².